The fourth-order valence-electron chi connectivity index (χ4n) is 2.76. The predicted molar refractivity (Wildman–Crippen MR) is 103 cm³/mol. The molecule has 0 unspecified atom stereocenters. The number of fused-ring (bicyclic) bond motifs is 1. The largest absolute Gasteiger partial charge is 0.481 e. The SMILES string of the molecule is Cc1cccc(O[C@H](C)C(=O)NNC(=O)c2oc3ccccc3c2C)c1C. The number of hydrogen-bond donors (Lipinski definition) is 2. The summed E-state index contributed by atoms with van der Waals surface area (Å²) in [7, 11) is 0. The molecule has 0 spiro atoms. The third-order valence-corrected chi connectivity index (χ3v) is 4.58. The van der Waals surface area contributed by atoms with Gasteiger partial charge in [-0.2, -0.15) is 0 Å². The van der Waals surface area contributed by atoms with Crippen molar-refractivity contribution in [1.29, 1.82) is 0 Å². The van der Waals surface area contributed by atoms with E-state index in [4.69, 9.17) is 9.15 Å². The van der Waals surface area contributed by atoms with Crippen LogP contribution in [-0.2, 0) is 4.79 Å². The monoisotopic (exact) mass is 366 g/mol. The second-order valence-electron chi connectivity index (χ2n) is 6.45. The van der Waals surface area contributed by atoms with E-state index in [1.165, 1.54) is 0 Å². The zero-order chi connectivity index (χ0) is 19.6. The normalized spacial score (nSPS) is 11.9. The maximum absolute atomic E-state index is 12.4. The first-order chi connectivity index (χ1) is 12.9. The van der Waals surface area contributed by atoms with E-state index >= 15 is 0 Å². The molecule has 0 fully saturated rings. The molecule has 0 saturated heterocycles. The van der Waals surface area contributed by atoms with Crippen LogP contribution in [0.2, 0.25) is 0 Å². The molecule has 6 nitrogen and oxygen atoms in total. The average Bonchev–Trinajstić information content (AvgIpc) is 3.00. The molecule has 6 heteroatoms. The Morgan fingerprint density at radius 2 is 1.70 bits per heavy atom. The molecular weight excluding hydrogens is 344 g/mol. The van der Waals surface area contributed by atoms with Crippen molar-refractivity contribution in [2.45, 2.75) is 33.8 Å². The van der Waals surface area contributed by atoms with Crippen molar-refractivity contribution in [2.75, 3.05) is 0 Å². The minimum Gasteiger partial charge on any atom is -0.481 e. The van der Waals surface area contributed by atoms with E-state index in [0.29, 0.717) is 11.3 Å². The number of rotatable bonds is 4. The highest BCUT2D eigenvalue weighted by molar-refractivity contribution is 5.99. The van der Waals surface area contributed by atoms with Gasteiger partial charge in [0.1, 0.15) is 11.3 Å². The fraction of sp³-hybridized carbons (Fsp3) is 0.238. The Kier molecular flexibility index (Phi) is 5.16. The Morgan fingerprint density at radius 3 is 2.44 bits per heavy atom. The Labute approximate surface area is 157 Å². The zero-order valence-corrected chi connectivity index (χ0v) is 15.8. The summed E-state index contributed by atoms with van der Waals surface area (Å²) in [5.74, 6) is -0.175. The average molecular weight is 366 g/mol. The quantitative estimate of drug-likeness (QED) is 0.692. The number of carbonyl (C=O) groups excluding carboxylic acids is 2. The molecule has 0 bridgehead atoms. The minimum absolute atomic E-state index is 0.166. The molecule has 1 aromatic heterocycles. The van der Waals surface area contributed by atoms with E-state index < -0.39 is 17.9 Å². The first-order valence-electron chi connectivity index (χ1n) is 8.69. The fourth-order valence-corrected chi connectivity index (χ4v) is 2.76. The first-order valence-corrected chi connectivity index (χ1v) is 8.69. The van der Waals surface area contributed by atoms with Crippen LogP contribution in [0.15, 0.2) is 46.9 Å². The van der Waals surface area contributed by atoms with Gasteiger partial charge in [-0.1, -0.05) is 30.3 Å². The van der Waals surface area contributed by atoms with E-state index in [9.17, 15) is 9.59 Å². The van der Waals surface area contributed by atoms with Crippen molar-refractivity contribution in [3.63, 3.8) is 0 Å². The summed E-state index contributed by atoms with van der Waals surface area (Å²) >= 11 is 0. The van der Waals surface area contributed by atoms with Crippen LogP contribution in [0, 0.1) is 20.8 Å². The number of aryl methyl sites for hydroxylation is 2. The maximum Gasteiger partial charge on any atom is 0.305 e. The van der Waals surface area contributed by atoms with Gasteiger partial charge in [-0.3, -0.25) is 20.4 Å². The van der Waals surface area contributed by atoms with Crippen molar-refractivity contribution in [3.05, 3.63) is 64.9 Å². The third kappa shape index (κ3) is 3.79. The molecule has 3 aromatic rings. The van der Waals surface area contributed by atoms with Gasteiger partial charge in [-0.05, 0) is 51.0 Å². The molecule has 2 amide bonds. The van der Waals surface area contributed by atoms with Crippen LogP contribution in [0.3, 0.4) is 0 Å². The molecule has 0 aliphatic heterocycles. The van der Waals surface area contributed by atoms with Crippen molar-refractivity contribution >= 4 is 22.8 Å². The van der Waals surface area contributed by atoms with Gasteiger partial charge in [0.15, 0.2) is 11.9 Å². The van der Waals surface area contributed by atoms with Gasteiger partial charge in [0, 0.05) is 10.9 Å². The van der Waals surface area contributed by atoms with Crippen LogP contribution in [0.4, 0.5) is 0 Å². The summed E-state index contributed by atoms with van der Waals surface area (Å²) in [6.07, 6.45) is -0.775. The van der Waals surface area contributed by atoms with Crippen molar-refractivity contribution in [2.24, 2.45) is 0 Å². The Balaban J connectivity index is 1.63. The summed E-state index contributed by atoms with van der Waals surface area (Å²) in [5, 5.41) is 0.862. The molecule has 1 atom stereocenters. The van der Waals surface area contributed by atoms with Crippen LogP contribution in [0.5, 0.6) is 5.75 Å². The summed E-state index contributed by atoms with van der Waals surface area (Å²) in [4.78, 5) is 24.6. The lowest BCUT2D eigenvalue weighted by molar-refractivity contribution is -0.128. The van der Waals surface area contributed by atoms with Crippen LogP contribution in [0.25, 0.3) is 11.0 Å². The molecule has 3 rings (SSSR count). The molecule has 0 saturated carbocycles. The van der Waals surface area contributed by atoms with Gasteiger partial charge in [0.25, 0.3) is 5.91 Å². The summed E-state index contributed by atoms with van der Waals surface area (Å²) < 4.78 is 11.3. The second-order valence-corrected chi connectivity index (χ2v) is 6.45. The van der Waals surface area contributed by atoms with Crippen LogP contribution in [0.1, 0.15) is 34.2 Å². The first kappa shape index (κ1) is 18.5. The number of hydrogen-bond acceptors (Lipinski definition) is 4. The molecule has 140 valence electrons. The lowest BCUT2D eigenvalue weighted by Crippen LogP contribution is -2.47. The van der Waals surface area contributed by atoms with E-state index in [0.717, 1.165) is 22.1 Å². The summed E-state index contributed by atoms with van der Waals surface area (Å²) in [6.45, 7) is 7.33. The lowest BCUT2D eigenvalue weighted by Gasteiger charge is -2.17. The number of nitrogens with one attached hydrogen (secondary N) is 2. The number of furan rings is 1. The van der Waals surface area contributed by atoms with E-state index in [1.807, 2.05) is 50.2 Å². The number of amides is 2. The molecule has 2 N–H and O–H groups in total. The Morgan fingerprint density at radius 1 is 0.963 bits per heavy atom. The number of benzene rings is 2. The molecular formula is C21H22N2O4. The van der Waals surface area contributed by atoms with Crippen molar-refractivity contribution in [3.8, 4) is 5.75 Å². The van der Waals surface area contributed by atoms with Crippen LogP contribution >= 0.6 is 0 Å². The summed E-state index contributed by atoms with van der Waals surface area (Å²) in [6, 6.07) is 13.0. The van der Waals surface area contributed by atoms with Gasteiger partial charge in [-0.15, -0.1) is 0 Å². The second kappa shape index (κ2) is 7.53. The number of para-hydroxylation sites is 1. The van der Waals surface area contributed by atoms with E-state index in [-0.39, 0.29) is 5.76 Å². The highest BCUT2D eigenvalue weighted by atomic mass is 16.5. The molecule has 0 radical (unpaired) electrons. The number of hydrazine groups is 1. The number of ether oxygens (including phenoxy) is 1. The van der Waals surface area contributed by atoms with E-state index in [1.54, 1.807) is 19.9 Å². The van der Waals surface area contributed by atoms with E-state index in [2.05, 4.69) is 10.9 Å². The third-order valence-electron chi connectivity index (χ3n) is 4.58. The number of carbonyl (C=O) groups is 2. The van der Waals surface area contributed by atoms with Crippen molar-refractivity contribution in [1.82, 2.24) is 10.9 Å². The molecule has 27 heavy (non-hydrogen) atoms. The van der Waals surface area contributed by atoms with Crippen molar-refractivity contribution < 1.29 is 18.7 Å². The Bertz CT molecular complexity index is 1010. The highest BCUT2D eigenvalue weighted by Crippen LogP contribution is 2.24. The Hall–Kier alpha value is -3.28. The predicted octanol–water partition coefficient (Wildman–Crippen LogP) is 3.59. The summed E-state index contributed by atoms with van der Waals surface area (Å²) in [5.41, 5.74) is 8.16. The molecule has 2 aromatic carbocycles. The molecule has 0 aliphatic rings. The van der Waals surface area contributed by atoms with Gasteiger partial charge in [-0.25, -0.2) is 0 Å². The standard InChI is InChI=1S/C21H22N2O4/c1-12-8-7-11-17(13(12)2)26-15(4)20(24)22-23-21(25)19-14(3)16-9-5-6-10-18(16)27-19/h5-11,15H,1-4H3,(H,22,24)(H,23,25)/t15-/m1/s1. The van der Waals surface area contributed by atoms with Gasteiger partial charge in [0.2, 0.25) is 0 Å². The topological polar surface area (TPSA) is 80.6 Å². The zero-order valence-electron chi connectivity index (χ0n) is 15.8. The van der Waals surface area contributed by atoms with Gasteiger partial charge >= 0.3 is 5.91 Å². The lowest BCUT2D eigenvalue weighted by atomic mass is 10.1. The smallest absolute Gasteiger partial charge is 0.305 e. The van der Waals surface area contributed by atoms with Crippen LogP contribution < -0.4 is 15.6 Å². The molecule has 0 aliphatic carbocycles. The van der Waals surface area contributed by atoms with Gasteiger partial charge in [0.05, 0.1) is 0 Å². The van der Waals surface area contributed by atoms with Gasteiger partial charge < -0.3 is 9.15 Å². The maximum atomic E-state index is 12.4. The van der Waals surface area contributed by atoms with Crippen LogP contribution in [-0.4, -0.2) is 17.9 Å². The molecule has 1 heterocycles. The highest BCUT2D eigenvalue weighted by Gasteiger charge is 2.20. The minimum atomic E-state index is -0.775.